The molecule has 0 bridgehead atoms. The minimum atomic E-state index is -4.50. The second-order valence-electron chi connectivity index (χ2n) is 8.08. The summed E-state index contributed by atoms with van der Waals surface area (Å²) in [5.74, 6) is 0. The summed E-state index contributed by atoms with van der Waals surface area (Å²) >= 11 is 0. The molecule has 10 heteroatoms. The first-order chi connectivity index (χ1) is 14.6. The third-order valence-corrected chi connectivity index (χ3v) is 7.71. The summed E-state index contributed by atoms with van der Waals surface area (Å²) in [7, 11) is -0.399. The van der Waals surface area contributed by atoms with E-state index in [2.05, 4.69) is 4.90 Å². The van der Waals surface area contributed by atoms with Crippen molar-refractivity contribution in [3.05, 3.63) is 29.8 Å². The lowest BCUT2D eigenvalue weighted by Gasteiger charge is -2.34. The van der Waals surface area contributed by atoms with Gasteiger partial charge in [0, 0.05) is 26.2 Å². The molecule has 0 amide bonds. The fourth-order valence-corrected chi connectivity index (χ4v) is 5.19. The normalized spacial score (nSPS) is 20.5. The van der Waals surface area contributed by atoms with Gasteiger partial charge in [0.2, 0.25) is 10.0 Å². The highest BCUT2D eigenvalue weighted by atomic mass is 32.2. The van der Waals surface area contributed by atoms with E-state index in [1.807, 2.05) is 7.05 Å². The van der Waals surface area contributed by atoms with Crippen LogP contribution in [0.25, 0.3) is 0 Å². The van der Waals surface area contributed by atoms with Crippen LogP contribution >= 0.6 is 0 Å². The van der Waals surface area contributed by atoms with Gasteiger partial charge < -0.3 is 14.7 Å². The van der Waals surface area contributed by atoms with Crippen LogP contribution in [0.3, 0.4) is 0 Å². The van der Waals surface area contributed by atoms with E-state index < -0.39 is 21.8 Å². The first-order valence-electron chi connectivity index (χ1n) is 10.6. The molecule has 0 heterocycles. The minimum absolute atomic E-state index is 0.105. The fourth-order valence-electron chi connectivity index (χ4n) is 3.77. The number of unbranched alkanes of at least 4 members (excludes halogenated alkanes) is 1. The van der Waals surface area contributed by atoms with E-state index in [0.29, 0.717) is 26.0 Å². The summed E-state index contributed by atoms with van der Waals surface area (Å²) in [6.45, 7) is 2.37. The maximum Gasteiger partial charge on any atom is 0.416 e. The Hall–Kier alpha value is -1.20. The average Bonchev–Trinajstić information content (AvgIpc) is 2.73. The summed E-state index contributed by atoms with van der Waals surface area (Å²) in [6.07, 6.45) is 0.332. The number of rotatable bonds is 11. The zero-order valence-electron chi connectivity index (χ0n) is 18.1. The smallest absolute Gasteiger partial charge is 0.395 e. The predicted octanol–water partition coefficient (Wildman–Crippen LogP) is 3.36. The Bertz CT molecular complexity index is 764. The molecule has 2 rings (SSSR count). The van der Waals surface area contributed by atoms with Gasteiger partial charge in [-0.15, -0.1) is 0 Å². The molecule has 1 fully saturated rings. The van der Waals surface area contributed by atoms with Crippen molar-refractivity contribution in [3.63, 3.8) is 0 Å². The maximum absolute atomic E-state index is 12.8. The van der Waals surface area contributed by atoms with Crippen molar-refractivity contribution in [3.8, 4) is 0 Å². The number of likely N-dealkylation sites (N-methyl/N-ethyl adjacent to an activating group) is 1. The number of halogens is 3. The third-order valence-electron chi connectivity index (χ3n) is 5.79. The van der Waals surface area contributed by atoms with Crippen molar-refractivity contribution in [2.24, 2.45) is 0 Å². The van der Waals surface area contributed by atoms with Gasteiger partial charge >= 0.3 is 6.18 Å². The number of benzene rings is 1. The highest BCUT2D eigenvalue weighted by Crippen LogP contribution is 2.32. The first-order valence-corrected chi connectivity index (χ1v) is 12.1. The summed E-state index contributed by atoms with van der Waals surface area (Å²) in [5, 5.41) is 8.88. The molecule has 0 spiro atoms. The molecule has 6 nitrogen and oxygen atoms in total. The molecular weight excluding hydrogens is 433 g/mol. The Balaban J connectivity index is 1.78. The number of aliphatic hydroxyl groups excluding tert-OH is 1. The van der Waals surface area contributed by atoms with Gasteiger partial charge in [0.25, 0.3) is 0 Å². The molecule has 0 aromatic heterocycles. The van der Waals surface area contributed by atoms with Gasteiger partial charge in [-0.2, -0.15) is 17.5 Å². The van der Waals surface area contributed by atoms with E-state index in [4.69, 9.17) is 9.84 Å². The highest BCUT2D eigenvalue weighted by Gasteiger charge is 2.34. The number of ether oxygens (including phenoxy) is 1. The van der Waals surface area contributed by atoms with E-state index >= 15 is 0 Å². The van der Waals surface area contributed by atoms with Crippen LogP contribution in [0.1, 0.15) is 44.1 Å². The Morgan fingerprint density at radius 2 is 1.65 bits per heavy atom. The van der Waals surface area contributed by atoms with E-state index in [1.165, 1.54) is 11.4 Å². The number of aliphatic hydroxyl groups is 1. The maximum atomic E-state index is 12.8. The van der Waals surface area contributed by atoms with Crippen LogP contribution in [0.15, 0.2) is 29.2 Å². The van der Waals surface area contributed by atoms with Gasteiger partial charge in [0.05, 0.1) is 23.2 Å². The Morgan fingerprint density at radius 3 is 2.19 bits per heavy atom. The lowest BCUT2D eigenvalue weighted by atomic mass is 9.93. The molecule has 1 N–H and O–H groups in total. The molecule has 1 aliphatic rings. The summed E-state index contributed by atoms with van der Waals surface area (Å²) < 4.78 is 71.0. The summed E-state index contributed by atoms with van der Waals surface area (Å²) in [4.78, 5) is 1.94. The molecule has 1 aromatic carbocycles. The molecule has 1 saturated carbocycles. The number of hydrogen-bond acceptors (Lipinski definition) is 5. The summed E-state index contributed by atoms with van der Waals surface area (Å²) in [6, 6.07) is 3.43. The van der Waals surface area contributed by atoms with Crippen LogP contribution in [0.2, 0.25) is 0 Å². The molecule has 31 heavy (non-hydrogen) atoms. The molecule has 1 aromatic rings. The van der Waals surface area contributed by atoms with Gasteiger partial charge in [-0.1, -0.05) is 0 Å². The van der Waals surface area contributed by atoms with Crippen molar-refractivity contribution in [1.29, 1.82) is 0 Å². The van der Waals surface area contributed by atoms with Crippen molar-refractivity contribution < 1.29 is 31.4 Å². The van der Waals surface area contributed by atoms with Crippen molar-refractivity contribution in [2.45, 2.75) is 61.7 Å². The lowest BCUT2D eigenvalue weighted by Crippen LogP contribution is -2.40. The van der Waals surface area contributed by atoms with E-state index in [9.17, 15) is 21.6 Å². The standard InChI is InChI=1S/C21H33F3N2O4S/c1-25(14-15-27)13-3-4-16-30-19-9-7-18(8-10-19)26(2)31(28,29)20-11-5-17(6-12-20)21(22,23)24/h5-6,11-12,18-19,27H,3-4,7-10,13-16H2,1-2H3/t18-,19-. The zero-order chi connectivity index (χ0) is 23.1. The Morgan fingerprint density at radius 1 is 1.03 bits per heavy atom. The van der Waals surface area contributed by atoms with Crippen molar-refractivity contribution >= 4 is 10.0 Å². The largest absolute Gasteiger partial charge is 0.416 e. The van der Waals surface area contributed by atoms with E-state index in [-0.39, 0.29) is 23.6 Å². The van der Waals surface area contributed by atoms with Gasteiger partial charge in [0.15, 0.2) is 0 Å². The molecule has 0 atom stereocenters. The second-order valence-corrected chi connectivity index (χ2v) is 10.1. The van der Waals surface area contributed by atoms with Crippen molar-refractivity contribution in [1.82, 2.24) is 9.21 Å². The summed E-state index contributed by atoms with van der Waals surface area (Å²) in [5.41, 5.74) is -0.869. The molecule has 0 unspecified atom stereocenters. The fraction of sp³-hybridized carbons (Fsp3) is 0.714. The highest BCUT2D eigenvalue weighted by molar-refractivity contribution is 7.89. The quantitative estimate of drug-likeness (QED) is 0.507. The third kappa shape index (κ3) is 7.71. The van der Waals surface area contributed by atoms with Gasteiger partial charge in [-0.25, -0.2) is 8.42 Å². The van der Waals surface area contributed by atoms with Gasteiger partial charge in [0.1, 0.15) is 0 Å². The van der Waals surface area contributed by atoms with Crippen LogP contribution in [-0.2, 0) is 20.9 Å². The lowest BCUT2D eigenvalue weighted by molar-refractivity contribution is -0.137. The number of alkyl halides is 3. The van der Waals surface area contributed by atoms with Crippen molar-refractivity contribution in [2.75, 3.05) is 40.4 Å². The van der Waals surface area contributed by atoms with E-state index in [1.54, 1.807) is 0 Å². The molecule has 178 valence electrons. The van der Waals surface area contributed by atoms with Crippen LogP contribution < -0.4 is 0 Å². The Labute approximate surface area is 183 Å². The van der Waals surface area contributed by atoms with Crippen LogP contribution in [-0.4, -0.2) is 75.3 Å². The topological polar surface area (TPSA) is 70.1 Å². The SMILES string of the molecule is CN(CCO)CCCCO[C@H]1CC[C@H](N(C)S(=O)(=O)c2ccc(C(F)(F)F)cc2)CC1. The van der Waals surface area contributed by atoms with Crippen LogP contribution in [0.5, 0.6) is 0 Å². The average molecular weight is 467 g/mol. The van der Waals surface area contributed by atoms with Crippen LogP contribution in [0.4, 0.5) is 13.2 Å². The predicted molar refractivity (Wildman–Crippen MR) is 112 cm³/mol. The number of nitrogens with zero attached hydrogens (tertiary/aromatic N) is 2. The molecule has 0 saturated heterocycles. The Kier molecular flexibility index (Phi) is 9.75. The van der Waals surface area contributed by atoms with Gasteiger partial charge in [-0.3, -0.25) is 0 Å². The molecule has 0 radical (unpaired) electrons. The minimum Gasteiger partial charge on any atom is -0.395 e. The second kappa shape index (κ2) is 11.6. The number of hydrogen-bond donors (Lipinski definition) is 1. The molecule has 1 aliphatic carbocycles. The molecular formula is C21H33F3N2O4S. The molecule has 0 aliphatic heterocycles. The number of sulfonamides is 1. The zero-order valence-corrected chi connectivity index (χ0v) is 19.0. The van der Waals surface area contributed by atoms with E-state index in [0.717, 1.165) is 56.5 Å². The van der Waals surface area contributed by atoms with Gasteiger partial charge in [-0.05, 0) is 76.4 Å². The monoisotopic (exact) mass is 466 g/mol. The van der Waals surface area contributed by atoms with Crippen LogP contribution in [0, 0.1) is 0 Å². The first kappa shape index (κ1) is 26.1.